The van der Waals surface area contributed by atoms with Gasteiger partial charge in [0.2, 0.25) is 5.91 Å². The predicted molar refractivity (Wildman–Crippen MR) is 176 cm³/mol. The van der Waals surface area contributed by atoms with Gasteiger partial charge in [0.25, 0.3) is 5.56 Å². The van der Waals surface area contributed by atoms with Crippen molar-refractivity contribution in [1.29, 1.82) is 0 Å². The smallest absolute Gasteiger partial charge is 0.475 e. The molecule has 53 heavy (non-hydrogen) atoms. The van der Waals surface area contributed by atoms with Gasteiger partial charge in [-0.1, -0.05) is 30.2 Å². The van der Waals surface area contributed by atoms with Crippen molar-refractivity contribution < 1.29 is 41.0 Å². The lowest BCUT2D eigenvalue weighted by molar-refractivity contribution is -0.192. The van der Waals surface area contributed by atoms with E-state index in [1.54, 1.807) is 25.3 Å². The van der Waals surface area contributed by atoms with Gasteiger partial charge in [0.15, 0.2) is 5.82 Å². The molecule has 278 valence electrons. The summed E-state index contributed by atoms with van der Waals surface area (Å²) in [7, 11) is 0. The number of nitrogens with zero attached hydrogens (tertiary/aromatic N) is 8. The molecule has 0 spiro atoms. The topological polar surface area (TPSA) is 163 Å². The minimum absolute atomic E-state index is 0.00422. The Labute approximate surface area is 300 Å². The summed E-state index contributed by atoms with van der Waals surface area (Å²) in [5, 5.41) is 21.9. The highest BCUT2D eigenvalue weighted by molar-refractivity contribution is 6.31. The van der Waals surface area contributed by atoms with E-state index >= 15 is 4.39 Å². The van der Waals surface area contributed by atoms with Crippen LogP contribution in [0.3, 0.4) is 0 Å². The fraction of sp³-hybridized carbons (Fsp3) is 0.333. The number of amides is 1. The highest BCUT2D eigenvalue weighted by Gasteiger charge is 2.38. The molecule has 13 nitrogen and oxygen atoms in total. The number of carboxylic acid groups (broad SMARTS) is 1. The molecule has 7 rings (SSSR count). The highest BCUT2D eigenvalue weighted by atomic mass is 35.5. The third-order valence-electron chi connectivity index (χ3n) is 8.69. The molecule has 1 amide bonds. The lowest BCUT2D eigenvalue weighted by Gasteiger charge is -2.22. The Kier molecular flexibility index (Phi) is 10.4. The number of hydrogen-bond acceptors (Lipinski definition) is 8. The van der Waals surface area contributed by atoms with E-state index in [2.05, 4.69) is 30.7 Å². The number of alkyl halides is 5. The molecule has 5 aromatic rings. The van der Waals surface area contributed by atoms with E-state index in [9.17, 15) is 31.5 Å². The Hall–Kier alpha value is -5.59. The van der Waals surface area contributed by atoms with Crippen LogP contribution in [0.15, 0.2) is 60.0 Å². The summed E-state index contributed by atoms with van der Waals surface area (Å²) >= 11 is 6.17. The molecule has 0 unspecified atom stereocenters. The Morgan fingerprint density at radius 2 is 1.79 bits per heavy atom. The van der Waals surface area contributed by atoms with Crippen LogP contribution in [0.25, 0.3) is 28.2 Å². The third kappa shape index (κ3) is 7.93. The first-order valence-corrected chi connectivity index (χ1v) is 16.4. The summed E-state index contributed by atoms with van der Waals surface area (Å²) in [4.78, 5) is 44.6. The zero-order valence-corrected chi connectivity index (χ0v) is 28.2. The molecule has 0 saturated heterocycles. The number of anilines is 1. The average Bonchev–Trinajstić information content (AvgIpc) is 3.68. The van der Waals surface area contributed by atoms with Crippen LogP contribution in [-0.4, -0.2) is 62.5 Å². The van der Waals surface area contributed by atoms with E-state index in [0.717, 1.165) is 18.5 Å². The third-order valence-corrected chi connectivity index (χ3v) is 8.99. The number of fused-ring (bicyclic) bond motifs is 4. The SMILES string of the molecule is C[C@@H]1CCC[C@H](n2cnc(-c3c(-n4cc(C5CC5)nn4)ccc(Cl)c3F)cc2=O)c2cc(ccn2)-c2c(cnn2C(F)F)NC1=O.O=C(O)C(F)(F)F. The quantitative estimate of drug-likeness (QED) is 0.184. The highest BCUT2D eigenvalue weighted by Crippen LogP contribution is 2.40. The number of nitrogens with one attached hydrogen (secondary N) is 1. The standard InChI is InChI=1S/C31H27ClF3N9O2.C2HF3O2/c1-16-3-2-4-24(20-11-18(9-10-36-20)29-22(39-30(16)46)13-38-44(29)31(34)35)42-15-37-21(12-26(42)45)27-25(8-7-19(32)28(27)33)43-14-23(40-41-43)17-5-6-17;3-2(4,5)1(6)7/h7-17,24,31H,2-6H2,1H3,(H,39,46);(H,6,7)/t16-,24+;/m1./s1. The Balaban J connectivity index is 0.000000626. The first-order chi connectivity index (χ1) is 25.1. The van der Waals surface area contributed by atoms with E-state index in [1.807, 2.05) is 0 Å². The van der Waals surface area contributed by atoms with Crippen LogP contribution in [0, 0.1) is 11.7 Å². The zero-order chi connectivity index (χ0) is 38.2. The van der Waals surface area contributed by atoms with E-state index in [-0.39, 0.29) is 33.6 Å². The summed E-state index contributed by atoms with van der Waals surface area (Å²) in [5.74, 6) is -3.97. The minimum Gasteiger partial charge on any atom is -0.475 e. The molecule has 1 saturated carbocycles. The molecule has 0 radical (unpaired) electrons. The second-order valence-corrected chi connectivity index (χ2v) is 12.8. The van der Waals surface area contributed by atoms with Crippen LogP contribution in [0.2, 0.25) is 5.02 Å². The van der Waals surface area contributed by atoms with Crippen LogP contribution >= 0.6 is 11.6 Å². The number of carboxylic acids is 1. The summed E-state index contributed by atoms with van der Waals surface area (Å²) in [5.41, 5.74) is 1.58. The summed E-state index contributed by atoms with van der Waals surface area (Å²) in [6.45, 7) is -1.22. The molecule has 2 N–H and O–H groups in total. The average molecular weight is 764 g/mol. The number of rotatable bonds is 5. The number of halogens is 7. The van der Waals surface area contributed by atoms with Crippen molar-refractivity contribution in [2.24, 2.45) is 5.92 Å². The lowest BCUT2D eigenvalue weighted by atomic mass is 9.97. The first kappa shape index (κ1) is 37.2. The summed E-state index contributed by atoms with van der Waals surface area (Å²) < 4.78 is 78.6. The molecular weight excluding hydrogens is 736 g/mol. The van der Waals surface area contributed by atoms with Crippen LogP contribution in [0.1, 0.15) is 68.9 Å². The summed E-state index contributed by atoms with van der Waals surface area (Å²) in [6, 6.07) is 6.68. The molecule has 1 aromatic carbocycles. The van der Waals surface area contributed by atoms with Crippen molar-refractivity contribution in [3.05, 3.63) is 87.8 Å². The Morgan fingerprint density at radius 1 is 1.06 bits per heavy atom. The van der Waals surface area contributed by atoms with Gasteiger partial charge < -0.3 is 10.4 Å². The number of carbonyl (C=O) groups excluding carboxylic acids is 1. The van der Waals surface area contributed by atoms with Gasteiger partial charge in [-0.2, -0.15) is 27.1 Å². The zero-order valence-electron chi connectivity index (χ0n) is 27.4. The van der Waals surface area contributed by atoms with Crippen molar-refractivity contribution in [3.8, 4) is 28.2 Å². The summed E-state index contributed by atoms with van der Waals surface area (Å²) in [6.07, 6.45) is 4.02. The van der Waals surface area contributed by atoms with Crippen LogP contribution in [0.4, 0.5) is 32.0 Å². The Morgan fingerprint density at radius 3 is 2.45 bits per heavy atom. The maximum atomic E-state index is 15.6. The molecule has 4 aromatic heterocycles. The number of carbonyl (C=O) groups is 2. The molecule has 1 aliphatic carbocycles. The molecule has 1 fully saturated rings. The van der Waals surface area contributed by atoms with Crippen LogP contribution in [-0.2, 0) is 9.59 Å². The van der Waals surface area contributed by atoms with E-state index < -0.39 is 42.0 Å². The van der Waals surface area contributed by atoms with Crippen molar-refractivity contribution in [2.45, 2.75) is 63.7 Å². The Bertz CT molecular complexity index is 2230. The van der Waals surface area contributed by atoms with E-state index in [4.69, 9.17) is 21.5 Å². The maximum absolute atomic E-state index is 15.6. The molecular formula is C33H28ClF6N9O4. The van der Waals surface area contributed by atoms with Gasteiger partial charge in [-0.15, -0.1) is 5.10 Å². The maximum Gasteiger partial charge on any atom is 0.490 e. The van der Waals surface area contributed by atoms with Crippen molar-refractivity contribution in [3.63, 3.8) is 0 Å². The number of pyridine rings is 1. The van der Waals surface area contributed by atoms with E-state index in [1.165, 1.54) is 46.2 Å². The number of aliphatic carboxylic acids is 1. The van der Waals surface area contributed by atoms with Gasteiger partial charge >= 0.3 is 18.7 Å². The molecule has 2 aliphatic rings. The van der Waals surface area contributed by atoms with Crippen LogP contribution in [0.5, 0.6) is 0 Å². The number of aromatic nitrogens is 8. The normalized spacial score (nSPS) is 17.6. The van der Waals surface area contributed by atoms with Crippen molar-refractivity contribution in [1.82, 2.24) is 39.3 Å². The fourth-order valence-corrected chi connectivity index (χ4v) is 5.98. The second-order valence-electron chi connectivity index (χ2n) is 12.4. The fourth-order valence-electron chi connectivity index (χ4n) is 5.82. The molecule has 20 heteroatoms. The number of benzene rings is 1. The molecule has 5 heterocycles. The lowest BCUT2D eigenvalue weighted by Crippen LogP contribution is -2.27. The first-order valence-electron chi connectivity index (χ1n) is 16.1. The van der Waals surface area contributed by atoms with Gasteiger partial charge in [-0.05, 0) is 49.9 Å². The van der Waals surface area contributed by atoms with Crippen molar-refractivity contribution >= 4 is 29.2 Å². The predicted octanol–water partition coefficient (Wildman–Crippen LogP) is 6.80. The molecule has 1 aliphatic heterocycles. The largest absolute Gasteiger partial charge is 0.490 e. The van der Waals surface area contributed by atoms with Gasteiger partial charge in [-0.3, -0.25) is 19.1 Å². The van der Waals surface area contributed by atoms with Crippen LogP contribution < -0.4 is 10.9 Å². The van der Waals surface area contributed by atoms with Crippen molar-refractivity contribution in [2.75, 3.05) is 5.32 Å². The number of hydrogen-bond donors (Lipinski definition) is 2. The monoisotopic (exact) mass is 763 g/mol. The minimum atomic E-state index is -5.08. The van der Waals surface area contributed by atoms with Gasteiger partial charge in [0.05, 0.1) is 69.5 Å². The molecule has 2 bridgehead atoms. The van der Waals surface area contributed by atoms with E-state index in [0.29, 0.717) is 46.8 Å². The van der Waals surface area contributed by atoms with Gasteiger partial charge in [-0.25, -0.2) is 23.5 Å². The van der Waals surface area contributed by atoms with Gasteiger partial charge in [0.1, 0.15) is 0 Å². The molecule has 2 atom stereocenters. The second kappa shape index (κ2) is 14.8. The van der Waals surface area contributed by atoms with Gasteiger partial charge in [0, 0.05) is 29.7 Å².